The maximum Gasteiger partial charge on any atom is 0.330 e. The van der Waals surface area contributed by atoms with Crippen LogP contribution in [0.2, 0.25) is 0 Å². The summed E-state index contributed by atoms with van der Waals surface area (Å²) < 4.78 is 5.10. The Hall–Kier alpha value is -2.70. The zero-order chi connectivity index (χ0) is 17.4. The smallest absolute Gasteiger partial charge is 0.330 e. The standard InChI is InChI=1S/C17H21N3O4/c1-2-7-13-18-15(24-20-13)11-6-10-14(21)19-16(17(22)23)12-8-4-3-5-9-12/h3-5,8-9,16H,2,6-7,10-11H2,1H3,(H,19,21)(H,22,23)/t16-/m1/s1. The molecular formula is C17H21N3O4. The number of benzene rings is 1. The minimum Gasteiger partial charge on any atom is -0.479 e. The van der Waals surface area contributed by atoms with Crippen molar-refractivity contribution in [1.29, 1.82) is 0 Å². The van der Waals surface area contributed by atoms with E-state index in [1.165, 1.54) is 0 Å². The summed E-state index contributed by atoms with van der Waals surface area (Å²) in [6.07, 6.45) is 2.91. The van der Waals surface area contributed by atoms with E-state index in [0.717, 1.165) is 12.8 Å². The minimum absolute atomic E-state index is 0.197. The van der Waals surface area contributed by atoms with Crippen LogP contribution in [0, 0.1) is 0 Å². The van der Waals surface area contributed by atoms with Crippen LogP contribution in [-0.4, -0.2) is 27.1 Å². The maximum atomic E-state index is 12.0. The van der Waals surface area contributed by atoms with Gasteiger partial charge in [-0.1, -0.05) is 42.4 Å². The molecule has 7 nitrogen and oxygen atoms in total. The highest BCUT2D eigenvalue weighted by atomic mass is 16.5. The van der Waals surface area contributed by atoms with E-state index < -0.39 is 12.0 Å². The molecule has 0 unspecified atom stereocenters. The summed E-state index contributed by atoms with van der Waals surface area (Å²) >= 11 is 0. The Morgan fingerprint density at radius 2 is 2.00 bits per heavy atom. The van der Waals surface area contributed by atoms with E-state index in [1.54, 1.807) is 30.3 Å². The van der Waals surface area contributed by atoms with Crippen LogP contribution in [-0.2, 0) is 22.4 Å². The molecule has 0 aliphatic rings. The van der Waals surface area contributed by atoms with E-state index >= 15 is 0 Å². The summed E-state index contributed by atoms with van der Waals surface area (Å²) in [4.78, 5) is 27.6. The molecule has 24 heavy (non-hydrogen) atoms. The van der Waals surface area contributed by atoms with Crippen LogP contribution < -0.4 is 5.32 Å². The average molecular weight is 331 g/mol. The van der Waals surface area contributed by atoms with Gasteiger partial charge in [0.25, 0.3) is 0 Å². The number of carbonyl (C=O) groups excluding carboxylic acids is 1. The first-order valence-electron chi connectivity index (χ1n) is 7.98. The van der Waals surface area contributed by atoms with Gasteiger partial charge in [-0.05, 0) is 18.4 Å². The third-order valence-electron chi connectivity index (χ3n) is 3.46. The lowest BCUT2D eigenvalue weighted by molar-refractivity contribution is -0.142. The van der Waals surface area contributed by atoms with Crippen LogP contribution >= 0.6 is 0 Å². The summed E-state index contributed by atoms with van der Waals surface area (Å²) in [7, 11) is 0. The zero-order valence-corrected chi connectivity index (χ0v) is 13.6. The molecule has 1 heterocycles. The van der Waals surface area contributed by atoms with Crippen molar-refractivity contribution in [2.75, 3.05) is 0 Å². The van der Waals surface area contributed by atoms with Crippen molar-refractivity contribution in [1.82, 2.24) is 15.5 Å². The Bertz CT molecular complexity index is 669. The van der Waals surface area contributed by atoms with Crippen LogP contribution in [0.25, 0.3) is 0 Å². The normalized spacial score (nSPS) is 11.9. The lowest BCUT2D eigenvalue weighted by Crippen LogP contribution is -2.33. The van der Waals surface area contributed by atoms with Crippen molar-refractivity contribution in [3.63, 3.8) is 0 Å². The molecule has 0 aliphatic heterocycles. The number of amides is 1. The second-order valence-electron chi connectivity index (χ2n) is 5.46. The SMILES string of the molecule is CCCc1noc(CCCC(=O)N[C@@H](C(=O)O)c2ccccc2)n1. The Labute approximate surface area is 140 Å². The topological polar surface area (TPSA) is 105 Å². The van der Waals surface area contributed by atoms with Gasteiger partial charge < -0.3 is 14.9 Å². The first kappa shape index (κ1) is 17.7. The Balaban J connectivity index is 1.82. The molecule has 2 rings (SSSR count). The summed E-state index contributed by atoms with van der Waals surface area (Å²) in [5.41, 5.74) is 0.541. The van der Waals surface area contributed by atoms with Gasteiger partial charge in [-0.25, -0.2) is 4.79 Å². The molecule has 0 saturated heterocycles. The maximum absolute atomic E-state index is 12.0. The molecule has 0 fully saturated rings. The molecule has 1 atom stereocenters. The van der Waals surface area contributed by atoms with Crippen LogP contribution in [0.1, 0.15) is 49.5 Å². The first-order chi connectivity index (χ1) is 11.6. The van der Waals surface area contributed by atoms with Crippen molar-refractivity contribution in [2.24, 2.45) is 0 Å². The second kappa shape index (κ2) is 8.81. The first-order valence-corrected chi connectivity index (χ1v) is 7.98. The molecule has 0 spiro atoms. The summed E-state index contributed by atoms with van der Waals surface area (Å²) in [5.74, 6) is -0.230. The number of carboxylic acids is 1. The van der Waals surface area contributed by atoms with Crippen molar-refractivity contribution in [3.8, 4) is 0 Å². The van der Waals surface area contributed by atoms with E-state index in [4.69, 9.17) is 4.52 Å². The molecule has 1 amide bonds. The summed E-state index contributed by atoms with van der Waals surface area (Å²) in [6, 6.07) is 7.57. The van der Waals surface area contributed by atoms with Gasteiger partial charge in [0, 0.05) is 19.3 Å². The van der Waals surface area contributed by atoms with E-state index in [-0.39, 0.29) is 12.3 Å². The predicted molar refractivity (Wildman–Crippen MR) is 86.2 cm³/mol. The fourth-order valence-electron chi connectivity index (χ4n) is 2.28. The number of nitrogens with one attached hydrogen (secondary N) is 1. The fourth-order valence-corrected chi connectivity index (χ4v) is 2.28. The van der Waals surface area contributed by atoms with E-state index in [1.807, 2.05) is 6.92 Å². The largest absolute Gasteiger partial charge is 0.479 e. The molecule has 7 heteroatoms. The third-order valence-corrected chi connectivity index (χ3v) is 3.46. The number of rotatable bonds is 9. The van der Waals surface area contributed by atoms with Crippen LogP contribution in [0.3, 0.4) is 0 Å². The zero-order valence-electron chi connectivity index (χ0n) is 13.6. The van der Waals surface area contributed by atoms with Gasteiger partial charge in [0.05, 0.1) is 0 Å². The monoisotopic (exact) mass is 331 g/mol. The van der Waals surface area contributed by atoms with Crippen molar-refractivity contribution < 1.29 is 19.2 Å². The van der Waals surface area contributed by atoms with Crippen molar-refractivity contribution in [2.45, 2.75) is 45.1 Å². The number of aliphatic carboxylic acids is 1. The minimum atomic E-state index is -1.09. The lowest BCUT2D eigenvalue weighted by Gasteiger charge is -2.14. The molecule has 2 N–H and O–H groups in total. The molecule has 128 valence electrons. The van der Waals surface area contributed by atoms with E-state index in [0.29, 0.717) is 30.1 Å². The molecule has 1 aromatic carbocycles. The lowest BCUT2D eigenvalue weighted by atomic mass is 10.1. The van der Waals surface area contributed by atoms with Crippen LogP contribution in [0.15, 0.2) is 34.9 Å². The third kappa shape index (κ3) is 5.19. The number of aromatic nitrogens is 2. The van der Waals surface area contributed by atoms with Crippen molar-refractivity contribution >= 4 is 11.9 Å². The summed E-state index contributed by atoms with van der Waals surface area (Å²) in [5, 5.41) is 15.7. The number of carbonyl (C=O) groups is 2. The predicted octanol–water partition coefficient (Wildman–Crippen LogP) is 2.29. The average Bonchev–Trinajstić information content (AvgIpc) is 3.01. The Morgan fingerprint density at radius 1 is 1.25 bits per heavy atom. The Morgan fingerprint density at radius 3 is 2.67 bits per heavy atom. The highest BCUT2D eigenvalue weighted by Gasteiger charge is 2.21. The number of hydrogen-bond acceptors (Lipinski definition) is 5. The second-order valence-corrected chi connectivity index (χ2v) is 5.46. The van der Waals surface area contributed by atoms with Gasteiger partial charge in [-0.2, -0.15) is 4.98 Å². The van der Waals surface area contributed by atoms with Crippen LogP contribution in [0.4, 0.5) is 0 Å². The number of hydrogen-bond donors (Lipinski definition) is 2. The highest BCUT2D eigenvalue weighted by Crippen LogP contribution is 2.13. The number of aryl methyl sites for hydroxylation is 2. The molecule has 0 radical (unpaired) electrons. The molecule has 0 aliphatic carbocycles. The quantitative estimate of drug-likeness (QED) is 0.730. The van der Waals surface area contributed by atoms with Gasteiger partial charge in [-0.3, -0.25) is 4.79 Å². The van der Waals surface area contributed by atoms with Gasteiger partial charge in [0.15, 0.2) is 11.9 Å². The van der Waals surface area contributed by atoms with E-state index in [2.05, 4.69) is 15.5 Å². The van der Waals surface area contributed by atoms with Gasteiger partial charge >= 0.3 is 5.97 Å². The Kier molecular flexibility index (Phi) is 6.48. The summed E-state index contributed by atoms with van der Waals surface area (Å²) in [6.45, 7) is 2.03. The van der Waals surface area contributed by atoms with Crippen LogP contribution in [0.5, 0.6) is 0 Å². The molecule has 1 aromatic heterocycles. The van der Waals surface area contributed by atoms with Gasteiger partial charge in [0.1, 0.15) is 0 Å². The molecule has 2 aromatic rings. The van der Waals surface area contributed by atoms with Gasteiger partial charge in [-0.15, -0.1) is 0 Å². The van der Waals surface area contributed by atoms with Crippen molar-refractivity contribution in [3.05, 3.63) is 47.6 Å². The fraction of sp³-hybridized carbons (Fsp3) is 0.412. The number of carboxylic acid groups (broad SMARTS) is 1. The molecule has 0 saturated carbocycles. The van der Waals surface area contributed by atoms with Gasteiger partial charge in [0.2, 0.25) is 11.8 Å². The van der Waals surface area contributed by atoms with E-state index in [9.17, 15) is 14.7 Å². The molecular weight excluding hydrogens is 310 g/mol. The molecule has 0 bridgehead atoms. The number of nitrogens with zero attached hydrogens (tertiary/aromatic N) is 2. The highest BCUT2D eigenvalue weighted by molar-refractivity contribution is 5.84.